The molecule has 2 N–H and O–H groups in total. The van der Waals surface area contributed by atoms with Crippen LogP contribution in [0.1, 0.15) is 54.1 Å². The number of para-hydroxylation sites is 1. The summed E-state index contributed by atoms with van der Waals surface area (Å²) in [6, 6.07) is 17.1. The summed E-state index contributed by atoms with van der Waals surface area (Å²) in [6.07, 6.45) is 8.62. The minimum absolute atomic E-state index is 0.00372. The maximum absolute atomic E-state index is 13.1. The van der Waals surface area contributed by atoms with Gasteiger partial charge in [0.1, 0.15) is 5.82 Å². The Morgan fingerprint density at radius 3 is 2.66 bits per heavy atom. The lowest BCUT2D eigenvalue weighted by Gasteiger charge is -2.16. The van der Waals surface area contributed by atoms with Gasteiger partial charge in [-0.2, -0.15) is 5.10 Å². The van der Waals surface area contributed by atoms with Crippen molar-refractivity contribution in [3.05, 3.63) is 83.9 Å². The van der Waals surface area contributed by atoms with Gasteiger partial charge in [0.15, 0.2) is 0 Å². The van der Waals surface area contributed by atoms with Crippen LogP contribution in [0, 0.1) is 5.82 Å². The number of aromatic nitrogens is 2. The molecule has 1 amide bonds. The topological polar surface area (TPSA) is 62.2 Å². The van der Waals surface area contributed by atoms with E-state index in [1.165, 1.54) is 12.1 Å². The highest BCUT2D eigenvalue weighted by molar-refractivity contribution is 5.93. The predicted molar refractivity (Wildman–Crippen MR) is 123 cm³/mol. The molecule has 6 nitrogen and oxygen atoms in total. The number of nitrogens with zero attached hydrogens (tertiary/aromatic N) is 3. The van der Waals surface area contributed by atoms with E-state index in [4.69, 9.17) is 0 Å². The van der Waals surface area contributed by atoms with Gasteiger partial charge in [-0.15, -0.1) is 0 Å². The van der Waals surface area contributed by atoms with Crippen LogP contribution in [0.5, 0.6) is 0 Å². The molecule has 2 unspecified atom stereocenters. The third-order valence-electron chi connectivity index (χ3n) is 6.00. The van der Waals surface area contributed by atoms with E-state index in [1.807, 2.05) is 49.5 Å². The Balaban J connectivity index is 1.15. The number of hydrogen-bond donors (Lipinski definition) is 2. The average molecular weight is 436 g/mol. The summed E-state index contributed by atoms with van der Waals surface area (Å²) < 4.78 is 14.8. The molecule has 0 saturated carbocycles. The SMILES string of the molecule is CN(CCCCCC1CC(c2ccc(F)cc2)NN1)C(=O)c1cnn(-c2ccccc2)c1. The van der Waals surface area contributed by atoms with Gasteiger partial charge in [0.25, 0.3) is 5.91 Å². The zero-order valence-corrected chi connectivity index (χ0v) is 18.4. The number of hydrogen-bond acceptors (Lipinski definition) is 4. The fraction of sp³-hybridized carbons (Fsp3) is 0.360. The van der Waals surface area contributed by atoms with Crippen molar-refractivity contribution in [2.24, 2.45) is 0 Å². The Morgan fingerprint density at radius 1 is 1.09 bits per heavy atom. The van der Waals surface area contributed by atoms with Crippen molar-refractivity contribution >= 4 is 5.91 Å². The third kappa shape index (κ3) is 5.60. The minimum Gasteiger partial charge on any atom is -0.342 e. The van der Waals surface area contributed by atoms with Gasteiger partial charge in [-0.25, -0.2) is 9.07 Å². The molecule has 0 aliphatic carbocycles. The van der Waals surface area contributed by atoms with Crippen LogP contribution in [0.3, 0.4) is 0 Å². The summed E-state index contributed by atoms with van der Waals surface area (Å²) in [5.74, 6) is -0.208. The number of carbonyl (C=O) groups is 1. The van der Waals surface area contributed by atoms with Crippen LogP contribution < -0.4 is 10.9 Å². The maximum atomic E-state index is 13.1. The number of halogens is 1. The van der Waals surface area contributed by atoms with Gasteiger partial charge in [0.2, 0.25) is 0 Å². The van der Waals surface area contributed by atoms with Gasteiger partial charge in [0.05, 0.1) is 17.4 Å². The Morgan fingerprint density at radius 2 is 1.88 bits per heavy atom. The van der Waals surface area contributed by atoms with E-state index in [2.05, 4.69) is 16.0 Å². The lowest BCUT2D eigenvalue weighted by molar-refractivity contribution is 0.0792. The van der Waals surface area contributed by atoms with Gasteiger partial charge in [-0.1, -0.05) is 43.2 Å². The van der Waals surface area contributed by atoms with E-state index in [-0.39, 0.29) is 17.8 Å². The number of carbonyl (C=O) groups excluding carboxylic acids is 1. The van der Waals surface area contributed by atoms with Crippen molar-refractivity contribution in [3.63, 3.8) is 0 Å². The minimum atomic E-state index is -0.204. The van der Waals surface area contributed by atoms with Gasteiger partial charge in [0, 0.05) is 31.9 Å². The first kappa shape index (κ1) is 22.2. The molecule has 1 aromatic heterocycles. The Hall–Kier alpha value is -3.03. The maximum Gasteiger partial charge on any atom is 0.256 e. The average Bonchev–Trinajstić information content (AvgIpc) is 3.50. The van der Waals surface area contributed by atoms with E-state index >= 15 is 0 Å². The van der Waals surface area contributed by atoms with E-state index < -0.39 is 0 Å². The summed E-state index contributed by atoms with van der Waals surface area (Å²) in [6.45, 7) is 0.726. The molecule has 3 aromatic rings. The molecule has 2 heterocycles. The molecule has 32 heavy (non-hydrogen) atoms. The molecule has 2 aromatic carbocycles. The second-order valence-electron chi connectivity index (χ2n) is 8.41. The van der Waals surface area contributed by atoms with E-state index in [1.54, 1.807) is 22.0 Å². The Kier molecular flexibility index (Phi) is 7.29. The quantitative estimate of drug-likeness (QED) is 0.493. The molecule has 1 saturated heterocycles. The van der Waals surface area contributed by atoms with Gasteiger partial charge >= 0.3 is 0 Å². The van der Waals surface area contributed by atoms with Crippen molar-refractivity contribution in [3.8, 4) is 5.69 Å². The van der Waals surface area contributed by atoms with Crippen LogP contribution in [0.2, 0.25) is 0 Å². The molecule has 0 radical (unpaired) electrons. The second kappa shape index (κ2) is 10.5. The van der Waals surface area contributed by atoms with Crippen LogP contribution in [-0.2, 0) is 0 Å². The first-order valence-electron chi connectivity index (χ1n) is 11.2. The van der Waals surface area contributed by atoms with Crippen molar-refractivity contribution in [1.82, 2.24) is 25.5 Å². The zero-order chi connectivity index (χ0) is 22.3. The standard InChI is InChI=1S/C25H30FN5O/c1-30(25(32)20-17-27-31(18-20)23-9-5-2-6-10-23)15-7-3-4-8-22-16-24(29-28-22)19-11-13-21(26)14-12-19/h2,5-6,9-14,17-18,22,24,28-29H,3-4,7-8,15-16H2,1H3. The highest BCUT2D eigenvalue weighted by Crippen LogP contribution is 2.24. The smallest absolute Gasteiger partial charge is 0.256 e. The number of hydrazine groups is 1. The van der Waals surface area contributed by atoms with Crippen molar-refractivity contribution in [1.29, 1.82) is 0 Å². The fourth-order valence-corrected chi connectivity index (χ4v) is 4.12. The first-order chi connectivity index (χ1) is 15.6. The van der Waals surface area contributed by atoms with E-state index in [0.29, 0.717) is 11.6 Å². The highest BCUT2D eigenvalue weighted by Gasteiger charge is 2.24. The van der Waals surface area contributed by atoms with Gasteiger partial charge < -0.3 is 4.90 Å². The fourth-order valence-electron chi connectivity index (χ4n) is 4.12. The second-order valence-corrected chi connectivity index (χ2v) is 8.41. The number of nitrogens with one attached hydrogen (secondary N) is 2. The number of amides is 1. The molecule has 7 heteroatoms. The molecule has 1 fully saturated rings. The third-order valence-corrected chi connectivity index (χ3v) is 6.00. The monoisotopic (exact) mass is 435 g/mol. The molecule has 1 aliphatic heterocycles. The summed E-state index contributed by atoms with van der Waals surface area (Å²) in [5, 5.41) is 4.31. The van der Waals surface area contributed by atoms with Gasteiger partial charge in [-0.05, 0) is 49.1 Å². The van der Waals surface area contributed by atoms with Crippen LogP contribution >= 0.6 is 0 Å². The van der Waals surface area contributed by atoms with E-state index in [0.717, 1.165) is 49.9 Å². The highest BCUT2D eigenvalue weighted by atomic mass is 19.1. The lowest BCUT2D eigenvalue weighted by Crippen LogP contribution is -2.30. The van der Waals surface area contributed by atoms with Crippen molar-refractivity contribution < 1.29 is 9.18 Å². The van der Waals surface area contributed by atoms with Crippen LogP contribution in [0.25, 0.3) is 5.69 Å². The van der Waals surface area contributed by atoms with E-state index in [9.17, 15) is 9.18 Å². The molecular weight excluding hydrogens is 405 g/mol. The largest absolute Gasteiger partial charge is 0.342 e. The summed E-state index contributed by atoms with van der Waals surface area (Å²) in [7, 11) is 1.85. The predicted octanol–water partition coefficient (Wildman–Crippen LogP) is 4.25. The summed E-state index contributed by atoms with van der Waals surface area (Å²) in [4.78, 5) is 14.5. The van der Waals surface area contributed by atoms with Crippen molar-refractivity contribution in [2.75, 3.05) is 13.6 Å². The summed E-state index contributed by atoms with van der Waals surface area (Å²) >= 11 is 0. The molecule has 168 valence electrons. The van der Waals surface area contributed by atoms with Crippen LogP contribution in [0.15, 0.2) is 67.0 Å². The van der Waals surface area contributed by atoms with Crippen LogP contribution in [-0.4, -0.2) is 40.2 Å². The first-order valence-corrected chi connectivity index (χ1v) is 11.2. The normalized spacial score (nSPS) is 18.1. The number of benzene rings is 2. The zero-order valence-electron chi connectivity index (χ0n) is 18.4. The molecule has 2 atom stereocenters. The number of rotatable bonds is 9. The molecule has 1 aliphatic rings. The molecular formula is C25H30FN5O. The van der Waals surface area contributed by atoms with Crippen LogP contribution in [0.4, 0.5) is 4.39 Å². The molecule has 0 spiro atoms. The van der Waals surface area contributed by atoms with Crippen molar-refractivity contribution in [2.45, 2.75) is 44.2 Å². The van der Waals surface area contributed by atoms with Gasteiger partial charge in [-0.3, -0.25) is 15.6 Å². The number of unbranched alkanes of at least 4 members (excludes halogenated alkanes) is 2. The molecule has 4 rings (SSSR count). The summed E-state index contributed by atoms with van der Waals surface area (Å²) in [5.41, 5.74) is 9.32. The lowest BCUT2D eigenvalue weighted by atomic mass is 9.99. The Labute approximate surface area is 188 Å². The Bertz CT molecular complexity index is 1000. The molecule has 0 bridgehead atoms.